The Morgan fingerprint density at radius 2 is 2.00 bits per heavy atom. The van der Waals surface area contributed by atoms with Gasteiger partial charge in [-0.3, -0.25) is 4.79 Å². The van der Waals surface area contributed by atoms with Crippen LogP contribution in [0.2, 0.25) is 5.02 Å². The zero-order valence-corrected chi connectivity index (χ0v) is 12.3. The molecule has 0 saturated heterocycles. The Labute approximate surface area is 121 Å². The van der Waals surface area contributed by atoms with Gasteiger partial charge in [0.25, 0.3) is 0 Å². The Kier molecular flexibility index (Phi) is 5.11. The Morgan fingerprint density at radius 3 is 2.45 bits per heavy atom. The number of carboxylic acid groups (broad SMARTS) is 1. The molecule has 1 aromatic carbocycles. The van der Waals surface area contributed by atoms with Gasteiger partial charge in [-0.1, -0.05) is 38.4 Å². The zero-order valence-electron chi connectivity index (χ0n) is 11.5. The van der Waals surface area contributed by atoms with Crippen LogP contribution in [0.5, 0.6) is 0 Å². The number of carboxylic acids is 1. The van der Waals surface area contributed by atoms with Crippen molar-refractivity contribution in [2.75, 3.05) is 0 Å². The average Bonchev–Trinajstić information content (AvgIpc) is 2.27. The highest BCUT2D eigenvalue weighted by atomic mass is 35.5. The molecule has 0 fully saturated rings. The van der Waals surface area contributed by atoms with Crippen LogP contribution < -0.4 is 5.32 Å². The van der Waals surface area contributed by atoms with Crippen LogP contribution in [0.4, 0.5) is 4.39 Å². The van der Waals surface area contributed by atoms with Crippen molar-refractivity contribution in [2.45, 2.75) is 33.2 Å². The summed E-state index contributed by atoms with van der Waals surface area (Å²) in [4.78, 5) is 23.0. The molecule has 0 spiro atoms. The van der Waals surface area contributed by atoms with Gasteiger partial charge in [0.15, 0.2) is 6.04 Å². The molecule has 6 heteroatoms. The van der Waals surface area contributed by atoms with Gasteiger partial charge in [0, 0.05) is 6.42 Å². The van der Waals surface area contributed by atoms with Crippen LogP contribution in [0.15, 0.2) is 18.2 Å². The van der Waals surface area contributed by atoms with Gasteiger partial charge in [0.2, 0.25) is 5.91 Å². The molecule has 4 nitrogen and oxygen atoms in total. The highest BCUT2D eigenvalue weighted by Crippen LogP contribution is 2.22. The molecule has 1 aromatic rings. The van der Waals surface area contributed by atoms with E-state index in [4.69, 9.17) is 16.7 Å². The molecule has 1 amide bonds. The van der Waals surface area contributed by atoms with Crippen molar-refractivity contribution in [3.8, 4) is 0 Å². The second-order valence-electron chi connectivity index (χ2n) is 5.75. The summed E-state index contributed by atoms with van der Waals surface area (Å²) in [5.41, 5.74) is -0.125. The first-order chi connectivity index (χ1) is 9.10. The summed E-state index contributed by atoms with van der Waals surface area (Å²) in [6.07, 6.45) is 0.173. The average molecular weight is 302 g/mol. The summed E-state index contributed by atoms with van der Waals surface area (Å²) in [5.74, 6) is -2.38. The van der Waals surface area contributed by atoms with E-state index in [0.717, 1.165) is 6.07 Å². The van der Waals surface area contributed by atoms with Gasteiger partial charge in [-0.05, 0) is 23.1 Å². The smallest absolute Gasteiger partial charge is 0.330 e. The lowest BCUT2D eigenvalue weighted by Gasteiger charge is -2.20. The SMILES string of the molecule is CC(C)(C)CC(=O)NC(C(=O)O)c1ccc(Cl)c(F)c1. The maximum absolute atomic E-state index is 13.4. The van der Waals surface area contributed by atoms with Crippen LogP contribution in [0.3, 0.4) is 0 Å². The van der Waals surface area contributed by atoms with E-state index in [1.165, 1.54) is 12.1 Å². The largest absolute Gasteiger partial charge is 0.479 e. The molecular weight excluding hydrogens is 285 g/mol. The molecule has 0 saturated carbocycles. The van der Waals surface area contributed by atoms with Crippen LogP contribution in [-0.4, -0.2) is 17.0 Å². The van der Waals surface area contributed by atoms with Gasteiger partial charge in [0.1, 0.15) is 5.82 Å². The minimum atomic E-state index is -1.29. The fourth-order valence-corrected chi connectivity index (χ4v) is 1.79. The molecule has 1 rings (SSSR count). The van der Waals surface area contributed by atoms with Crippen molar-refractivity contribution < 1.29 is 19.1 Å². The molecule has 2 N–H and O–H groups in total. The van der Waals surface area contributed by atoms with E-state index in [0.29, 0.717) is 0 Å². The van der Waals surface area contributed by atoms with Crippen molar-refractivity contribution in [2.24, 2.45) is 5.41 Å². The predicted molar refractivity (Wildman–Crippen MR) is 74.0 cm³/mol. The van der Waals surface area contributed by atoms with E-state index in [9.17, 15) is 14.0 Å². The van der Waals surface area contributed by atoms with E-state index in [1.54, 1.807) is 0 Å². The summed E-state index contributed by atoms with van der Waals surface area (Å²) in [5, 5.41) is 11.5. The summed E-state index contributed by atoms with van der Waals surface area (Å²) in [6.45, 7) is 5.60. The molecule has 0 aromatic heterocycles. The Bertz CT molecular complexity index is 526. The second kappa shape index (κ2) is 6.22. The van der Waals surface area contributed by atoms with E-state index < -0.39 is 23.7 Å². The third kappa shape index (κ3) is 4.81. The van der Waals surface area contributed by atoms with Gasteiger partial charge in [-0.25, -0.2) is 9.18 Å². The van der Waals surface area contributed by atoms with E-state index in [-0.39, 0.29) is 22.4 Å². The fraction of sp³-hybridized carbons (Fsp3) is 0.429. The van der Waals surface area contributed by atoms with Crippen molar-refractivity contribution in [3.05, 3.63) is 34.6 Å². The summed E-state index contributed by atoms with van der Waals surface area (Å²) < 4.78 is 13.4. The first-order valence-corrected chi connectivity index (χ1v) is 6.45. The van der Waals surface area contributed by atoms with Gasteiger partial charge < -0.3 is 10.4 Å². The Morgan fingerprint density at radius 1 is 1.40 bits per heavy atom. The monoisotopic (exact) mass is 301 g/mol. The van der Waals surface area contributed by atoms with Crippen LogP contribution in [-0.2, 0) is 9.59 Å². The van der Waals surface area contributed by atoms with Gasteiger partial charge >= 0.3 is 5.97 Å². The second-order valence-corrected chi connectivity index (χ2v) is 6.16. The van der Waals surface area contributed by atoms with Crippen LogP contribution in [0, 0.1) is 11.2 Å². The van der Waals surface area contributed by atoms with Crippen LogP contribution >= 0.6 is 11.6 Å². The number of hydrogen-bond acceptors (Lipinski definition) is 2. The van der Waals surface area contributed by atoms with Crippen LogP contribution in [0.1, 0.15) is 38.8 Å². The summed E-state index contributed by atoms with van der Waals surface area (Å²) in [7, 11) is 0. The number of nitrogens with one attached hydrogen (secondary N) is 1. The minimum absolute atomic E-state index is 0.0982. The molecule has 1 atom stereocenters. The minimum Gasteiger partial charge on any atom is -0.479 e. The number of hydrogen-bond donors (Lipinski definition) is 2. The quantitative estimate of drug-likeness (QED) is 0.897. The lowest BCUT2D eigenvalue weighted by Crippen LogP contribution is -2.35. The molecule has 0 bridgehead atoms. The van der Waals surface area contributed by atoms with E-state index >= 15 is 0 Å². The highest BCUT2D eigenvalue weighted by Gasteiger charge is 2.25. The lowest BCUT2D eigenvalue weighted by molar-refractivity contribution is -0.142. The summed E-state index contributed by atoms with van der Waals surface area (Å²) in [6, 6.07) is 2.36. The van der Waals surface area contributed by atoms with Gasteiger partial charge in [-0.2, -0.15) is 0 Å². The first kappa shape index (κ1) is 16.4. The predicted octanol–water partition coefficient (Wildman–Crippen LogP) is 3.16. The topological polar surface area (TPSA) is 66.4 Å². The molecule has 0 heterocycles. The van der Waals surface area contributed by atoms with Crippen molar-refractivity contribution in [1.82, 2.24) is 5.32 Å². The molecule has 0 aliphatic carbocycles. The maximum atomic E-state index is 13.4. The zero-order chi connectivity index (χ0) is 15.5. The number of rotatable bonds is 4. The lowest BCUT2D eigenvalue weighted by atomic mass is 9.91. The highest BCUT2D eigenvalue weighted by molar-refractivity contribution is 6.30. The number of carbonyl (C=O) groups is 2. The van der Waals surface area contributed by atoms with Gasteiger partial charge in [-0.15, -0.1) is 0 Å². The molecule has 0 radical (unpaired) electrons. The van der Waals surface area contributed by atoms with Crippen molar-refractivity contribution >= 4 is 23.5 Å². The number of amides is 1. The third-order valence-corrected chi connectivity index (χ3v) is 2.83. The maximum Gasteiger partial charge on any atom is 0.330 e. The molecule has 0 aliphatic rings. The van der Waals surface area contributed by atoms with E-state index in [1.807, 2.05) is 20.8 Å². The normalized spacial score (nSPS) is 12.8. The molecule has 0 aliphatic heterocycles. The Hall–Kier alpha value is -1.62. The van der Waals surface area contributed by atoms with Gasteiger partial charge in [0.05, 0.1) is 5.02 Å². The Balaban J connectivity index is 2.92. The van der Waals surface area contributed by atoms with Crippen molar-refractivity contribution in [1.29, 1.82) is 0 Å². The molecule has 20 heavy (non-hydrogen) atoms. The number of benzene rings is 1. The molecular formula is C14H17ClFNO3. The first-order valence-electron chi connectivity index (χ1n) is 6.07. The number of aliphatic carboxylic acids is 1. The fourth-order valence-electron chi connectivity index (χ4n) is 1.67. The number of halogens is 2. The number of carbonyl (C=O) groups excluding carboxylic acids is 1. The standard InChI is InChI=1S/C14H17ClFNO3/c1-14(2,3)7-11(18)17-12(13(19)20)8-4-5-9(15)10(16)6-8/h4-6,12H,7H2,1-3H3,(H,17,18)(H,19,20). The van der Waals surface area contributed by atoms with Crippen molar-refractivity contribution in [3.63, 3.8) is 0 Å². The molecule has 110 valence electrons. The third-order valence-electron chi connectivity index (χ3n) is 2.52. The summed E-state index contributed by atoms with van der Waals surface area (Å²) >= 11 is 5.55. The van der Waals surface area contributed by atoms with E-state index in [2.05, 4.69) is 5.32 Å². The molecule has 1 unspecified atom stereocenters. The van der Waals surface area contributed by atoms with Crippen LogP contribution in [0.25, 0.3) is 0 Å².